The summed E-state index contributed by atoms with van der Waals surface area (Å²) >= 11 is 0. The van der Waals surface area contributed by atoms with Crippen LogP contribution in [-0.4, -0.2) is 43.1 Å². The number of benzene rings is 1. The Bertz CT molecular complexity index is 479. The summed E-state index contributed by atoms with van der Waals surface area (Å²) in [5.74, 6) is 0.633. The number of rotatable bonds is 5. The first kappa shape index (κ1) is 14.6. The monoisotopic (exact) mass is 279 g/mol. The summed E-state index contributed by atoms with van der Waals surface area (Å²) < 4.78 is 5.25. The van der Waals surface area contributed by atoms with Crippen molar-refractivity contribution in [3.63, 3.8) is 0 Å². The number of methoxy groups -OCH3 is 1. The summed E-state index contributed by atoms with van der Waals surface area (Å²) in [6.07, 6.45) is 3.64. The van der Waals surface area contributed by atoms with E-state index in [2.05, 4.69) is 17.3 Å². The highest BCUT2D eigenvalue weighted by atomic mass is 16.6. The van der Waals surface area contributed by atoms with Crippen LogP contribution in [-0.2, 0) is 0 Å². The number of nitro groups is 1. The van der Waals surface area contributed by atoms with Crippen LogP contribution in [0.3, 0.4) is 0 Å². The van der Waals surface area contributed by atoms with Gasteiger partial charge in [0.1, 0.15) is 5.75 Å². The SMILES string of the molecule is COc1ccc([N+](=O)[O-])cc1NCC1CCCCN1C. The molecular formula is C14H21N3O3. The smallest absolute Gasteiger partial charge is 0.271 e. The van der Waals surface area contributed by atoms with Crippen LogP contribution in [0.1, 0.15) is 19.3 Å². The number of nitrogens with one attached hydrogen (secondary N) is 1. The zero-order valence-electron chi connectivity index (χ0n) is 12.0. The standard InChI is InChI=1S/C14H21N3O3/c1-16-8-4-3-5-12(16)10-15-13-9-11(17(18)19)6-7-14(13)20-2/h6-7,9,12,15H,3-5,8,10H2,1-2H3. The highest BCUT2D eigenvalue weighted by Gasteiger charge is 2.19. The molecule has 6 nitrogen and oxygen atoms in total. The van der Waals surface area contributed by atoms with E-state index in [0.717, 1.165) is 19.5 Å². The lowest BCUT2D eigenvalue weighted by atomic mass is 10.0. The first-order chi connectivity index (χ1) is 9.61. The van der Waals surface area contributed by atoms with Crippen LogP contribution in [0, 0.1) is 10.1 Å². The maximum absolute atomic E-state index is 10.8. The van der Waals surface area contributed by atoms with Gasteiger partial charge in [0.2, 0.25) is 0 Å². The number of likely N-dealkylation sites (tertiary alicyclic amines) is 1. The van der Waals surface area contributed by atoms with Crippen molar-refractivity contribution in [2.75, 3.05) is 32.6 Å². The van der Waals surface area contributed by atoms with Crippen LogP contribution in [0.25, 0.3) is 0 Å². The Hall–Kier alpha value is -1.82. The van der Waals surface area contributed by atoms with Gasteiger partial charge in [-0.3, -0.25) is 10.1 Å². The Morgan fingerprint density at radius 3 is 2.95 bits per heavy atom. The molecule has 0 aromatic heterocycles. The fraction of sp³-hybridized carbons (Fsp3) is 0.571. The molecule has 1 aliphatic rings. The van der Waals surface area contributed by atoms with Crippen molar-refractivity contribution in [1.82, 2.24) is 4.90 Å². The van der Waals surface area contributed by atoms with Gasteiger partial charge in [-0.05, 0) is 32.5 Å². The molecule has 20 heavy (non-hydrogen) atoms. The second kappa shape index (κ2) is 6.56. The van der Waals surface area contributed by atoms with Gasteiger partial charge in [0.25, 0.3) is 5.69 Å². The van der Waals surface area contributed by atoms with Gasteiger partial charge >= 0.3 is 0 Å². The molecule has 1 aliphatic heterocycles. The summed E-state index contributed by atoms with van der Waals surface area (Å²) in [4.78, 5) is 12.8. The molecule has 6 heteroatoms. The summed E-state index contributed by atoms with van der Waals surface area (Å²) in [7, 11) is 3.69. The number of anilines is 1. The quantitative estimate of drug-likeness (QED) is 0.662. The van der Waals surface area contributed by atoms with Gasteiger partial charge in [0.05, 0.1) is 17.7 Å². The molecule has 1 aromatic rings. The van der Waals surface area contributed by atoms with Crippen LogP contribution in [0.5, 0.6) is 5.75 Å². The molecular weight excluding hydrogens is 258 g/mol. The van der Waals surface area contributed by atoms with Gasteiger partial charge in [0, 0.05) is 24.7 Å². The maximum Gasteiger partial charge on any atom is 0.271 e. The third kappa shape index (κ3) is 3.39. The van der Waals surface area contributed by atoms with E-state index in [0.29, 0.717) is 17.5 Å². The van der Waals surface area contributed by atoms with E-state index in [1.165, 1.54) is 25.0 Å². The number of hydrogen-bond acceptors (Lipinski definition) is 5. The van der Waals surface area contributed by atoms with Gasteiger partial charge in [-0.25, -0.2) is 0 Å². The molecule has 110 valence electrons. The average Bonchev–Trinajstić information content (AvgIpc) is 2.46. The molecule has 1 N–H and O–H groups in total. The Balaban J connectivity index is 2.07. The van der Waals surface area contributed by atoms with Crippen molar-refractivity contribution in [3.05, 3.63) is 28.3 Å². The molecule has 0 aliphatic carbocycles. The molecule has 1 atom stereocenters. The van der Waals surface area contributed by atoms with Gasteiger partial charge in [-0.1, -0.05) is 6.42 Å². The molecule has 1 unspecified atom stereocenters. The van der Waals surface area contributed by atoms with Crippen LogP contribution < -0.4 is 10.1 Å². The van der Waals surface area contributed by atoms with E-state index in [9.17, 15) is 10.1 Å². The average molecular weight is 279 g/mol. The number of piperidine rings is 1. The third-order valence-corrected chi connectivity index (χ3v) is 3.84. The van der Waals surface area contributed by atoms with Crippen LogP contribution in [0.2, 0.25) is 0 Å². The molecule has 0 spiro atoms. The number of hydrogen-bond donors (Lipinski definition) is 1. The maximum atomic E-state index is 10.8. The van der Waals surface area contributed by atoms with Crippen molar-refractivity contribution in [2.45, 2.75) is 25.3 Å². The minimum absolute atomic E-state index is 0.0744. The lowest BCUT2D eigenvalue weighted by molar-refractivity contribution is -0.384. The Labute approximate surface area is 118 Å². The summed E-state index contributed by atoms with van der Waals surface area (Å²) in [5, 5.41) is 14.1. The Morgan fingerprint density at radius 1 is 1.50 bits per heavy atom. The summed E-state index contributed by atoms with van der Waals surface area (Å²) in [5.41, 5.74) is 0.756. The predicted molar refractivity (Wildman–Crippen MR) is 78.4 cm³/mol. The highest BCUT2D eigenvalue weighted by Crippen LogP contribution is 2.29. The molecule has 2 rings (SSSR count). The van der Waals surface area contributed by atoms with Crippen molar-refractivity contribution >= 4 is 11.4 Å². The van der Waals surface area contributed by atoms with Crippen molar-refractivity contribution in [3.8, 4) is 5.75 Å². The van der Waals surface area contributed by atoms with Crippen LogP contribution >= 0.6 is 0 Å². The van der Waals surface area contributed by atoms with E-state index >= 15 is 0 Å². The zero-order chi connectivity index (χ0) is 14.5. The molecule has 1 heterocycles. The fourth-order valence-electron chi connectivity index (χ4n) is 2.58. The number of nitro benzene ring substituents is 1. The predicted octanol–water partition coefficient (Wildman–Crippen LogP) is 2.50. The van der Waals surface area contributed by atoms with Crippen LogP contribution in [0.4, 0.5) is 11.4 Å². The largest absolute Gasteiger partial charge is 0.495 e. The molecule has 0 radical (unpaired) electrons. The minimum Gasteiger partial charge on any atom is -0.495 e. The van der Waals surface area contributed by atoms with Crippen molar-refractivity contribution in [1.29, 1.82) is 0 Å². The van der Waals surface area contributed by atoms with Gasteiger partial charge < -0.3 is 15.0 Å². The molecule has 1 saturated heterocycles. The molecule has 0 bridgehead atoms. The molecule has 1 fully saturated rings. The van der Waals surface area contributed by atoms with Gasteiger partial charge in [0.15, 0.2) is 0 Å². The molecule has 0 saturated carbocycles. The van der Waals surface area contributed by atoms with E-state index in [1.54, 1.807) is 13.2 Å². The number of non-ortho nitro benzene ring substituents is 1. The number of ether oxygens (including phenoxy) is 1. The molecule has 1 aromatic carbocycles. The minimum atomic E-state index is -0.392. The second-order valence-corrected chi connectivity index (χ2v) is 5.15. The van der Waals surface area contributed by atoms with E-state index in [1.807, 2.05) is 0 Å². The topological polar surface area (TPSA) is 67.6 Å². The van der Waals surface area contributed by atoms with Gasteiger partial charge in [-0.2, -0.15) is 0 Å². The first-order valence-electron chi connectivity index (χ1n) is 6.88. The zero-order valence-corrected chi connectivity index (χ0v) is 12.0. The van der Waals surface area contributed by atoms with Crippen molar-refractivity contribution < 1.29 is 9.66 Å². The van der Waals surface area contributed by atoms with Crippen molar-refractivity contribution in [2.24, 2.45) is 0 Å². The molecule has 0 amide bonds. The third-order valence-electron chi connectivity index (χ3n) is 3.84. The Kier molecular flexibility index (Phi) is 4.79. The number of likely N-dealkylation sites (N-methyl/N-ethyl adjacent to an activating group) is 1. The van der Waals surface area contributed by atoms with E-state index in [4.69, 9.17) is 4.74 Å². The summed E-state index contributed by atoms with van der Waals surface area (Å²) in [6, 6.07) is 5.08. The normalized spacial score (nSPS) is 19.6. The van der Waals surface area contributed by atoms with E-state index < -0.39 is 4.92 Å². The Morgan fingerprint density at radius 2 is 2.30 bits per heavy atom. The first-order valence-corrected chi connectivity index (χ1v) is 6.88. The fourth-order valence-corrected chi connectivity index (χ4v) is 2.58. The van der Waals surface area contributed by atoms with Crippen LogP contribution in [0.15, 0.2) is 18.2 Å². The lowest BCUT2D eigenvalue weighted by Gasteiger charge is -2.32. The van der Waals surface area contributed by atoms with E-state index in [-0.39, 0.29) is 5.69 Å². The number of nitrogens with zero attached hydrogens (tertiary/aromatic N) is 2. The van der Waals surface area contributed by atoms with Gasteiger partial charge in [-0.15, -0.1) is 0 Å². The highest BCUT2D eigenvalue weighted by molar-refractivity contribution is 5.61. The second-order valence-electron chi connectivity index (χ2n) is 5.15. The summed E-state index contributed by atoms with van der Waals surface area (Å²) in [6.45, 7) is 1.88. The lowest BCUT2D eigenvalue weighted by Crippen LogP contribution is -2.40.